The Labute approximate surface area is 129 Å². The lowest BCUT2D eigenvalue weighted by Crippen LogP contribution is -2.48. The molecule has 2 amide bonds. The van der Waals surface area contributed by atoms with Crippen molar-refractivity contribution in [2.24, 2.45) is 0 Å². The molecule has 0 aromatic heterocycles. The summed E-state index contributed by atoms with van der Waals surface area (Å²) >= 11 is 0. The summed E-state index contributed by atoms with van der Waals surface area (Å²) in [5.74, 6) is -1.00. The van der Waals surface area contributed by atoms with Crippen LogP contribution >= 0.6 is 0 Å². The van der Waals surface area contributed by atoms with E-state index in [9.17, 15) is 14.4 Å². The van der Waals surface area contributed by atoms with Gasteiger partial charge < -0.3 is 15.3 Å². The predicted molar refractivity (Wildman–Crippen MR) is 80.5 cm³/mol. The van der Waals surface area contributed by atoms with Crippen molar-refractivity contribution < 1.29 is 19.5 Å². The zero-order valence-electron chi connectivity index (χ0n) is 12.5. The van der Waals surface area contributed by atoms with Gasteiger partial charge in [-0.05, 0) is 24.5 Å². The first-order chi connectivity index (χ1) is 10.5. The molecule has 1 heterocycles. The molecule has 1 atom stereocenters. The first-order valence-corrected chi connectivity index (χ1v) is 7.32. The second-order valence-corrected chi connectivity index (χ2v) is 5.54. The normalized spacial score (nSPS) is 18.1. The Morgan fingerprint density at radius 2 is 2.09 bits per heavy atom. The third-order valence-corrected chi connectivity index (χ3v) is 3.86. The summed E-state index contributed by atoms with van der Waals surface area (Å²) in [7, 11) is 1.73. The van der Waals surface area contributed by atoms with E-state index in [2.05, 4.69) is 5.32 Å². The number of nitrogens with one attached hydrogen (secondary N) is 1. The number of benzene rings is 1. The third-order valence-electron chi connectivity index (χ3n) is 3.86. The summed E-state index contributed by atoms with van der Waals surface area (Å²) in [5.41, 5.74) is 0.888. The SMILES string of the molecule is CN1CC(NC(=O)CCc2ccccc2C(=O)O)CCC1=O. The van der Waals surface area contributed by atoms with Gasteiger partial charge in [0, 0.05) is 32.5 Å². The molecule has 0 bridgehead atoms. The number of carbonyl (C=O) groups is 3. The van der Waals surface area contributed by atoms with Crippen LogP contribution in [-0.4, -0.2) is 47.4 Å². The van der Waals surface area contributed by atoms with Crippen LogP contribution in [0.4, 0.5) is 0 Å². The summed E-state index contributed by atoms with van der Waals surface area (Å²) < 4.78 is 0. The van der Waals surface area contributed by atoms with Crippen molar-refractivity contribution in [3.63, 3.8) is 0 Å². The van der Waals surface area contributed by atoms with E-state index in [1.807, 2.05) is 0 Å². The zero-order chi connectivity index (χ0) is 16.1. The Morgan fingerprint density at radius 1 is 1.36 bits per heavy atom. The number of rotatable bonds is 5. The van der Waals surface area contributed by atoms with Crippen molar-refractivity contribution in [3.8, 4) is 0 Å². The molecule has 1 saturated heterocycles. The van der Waals surface area contributed by atoms with Crippen LogP contribution in [0.1, 0.15) is 35.2 Å². The summed E-state index contributed by atoms with van der Waals surface area (Å²) in [6.07, 6.45) is 1.72. The van der Waals surface area contributed by atoms with Crippen LogP contribution in [0.15, 0.2) is 24.3 Å². The Morgan fingerprint density at radius 3 is 2.77 bits per heavy atom. The maximum atomic E-state index is 12.0. The van der Waals surface area contributed by atoms with Crippen LogP contribution in [0.3, 0.4) is 0 Å². The highest BCUT2D eigenvalue weighted by molar-refractivity contribution is 5.89. The molecule has 0 spiro atoms. The quantitative estimate of drug-likeness (QED) is 0.851. The highest BCUT2D eigenvalue weighted by Gasteiger charge is 2.23. The number of hydrogen-bond donors (Lipinski definition) is 2. The fourth-order valence-electron chi connectivity index (χ4n) is 2.63. The molecule has 1 fully saturated rings. The second-order valence-electron chi connectivity index (χ2n) is 5.54. The van der Waals surface area contributed by atoms with Crippen molar-refractivity contribution in [1.29, 1.82) is 0 Å². The van der Waals surface area contributed by atoms with Gasteiger partial charge in [-0.15, -0.1) is 0 Å². The monoisotopic (exact) mass is 304 g/mol. The molecule has 118 valence electrons. The van der Waals surface area contributed by atoms with E-state index < -0.39 is 5.97 Å². The van der Waals surface area contributed by atoms with Gasteiger partial charge in [0.1, 0.15) is 0 Å². The molecule has 6 heteroatoms. The van der Waals surface area contributed by atoms with Gasteiger partial charge in [-0.2, -0.15) is 0 Å². The molecular weight excluding hydrogens is 284 g/mol. The highest BCUT2D eigenvalue weighted by Crippen LogP contribution is 2.13. The molecule has 0 saturated carbocycles. The number of likely N-dealkylation sites (tertiary alicyclic amines) is 1. The molecule has 22 heavy (non-hydrogen) atoms. The predicted octanol–water partition coefficient (Wildman–Crippen LogP) is 1.05. The molecule has 2 N–H and O–H groups in total. The van der Waals surface area contributed by atoms with E-state index in [1.54, 1.807) is 30.1 Å². The van der Waals surface area contributed by atoms with Crippen LogP contribution in [0.5, 0.6) is 0 Å². The maximum absolute atomic E-state index is 12.0. The smallest absolute Gasteiger partial charge is 0.335 e. The van der Waals surface area contributed by atoms with Crippen LogP contribution < -0.4 is 5.32 Å². The van der Waals surface area contributed by atoms with Gasteiger partial charge in [-0.3, -0.25) is 9.59 Å². The molecular formula is C16H20N2O4. The highest BCUT2D eigenvalue weighted by atomic mass is 16.4. The number of nitrogens with zero attached hydrogens (tertiary/aromatic N) is 1. The summed E-state index contributed by atoms with van der Waals surface area (Å²) in [4.78, 5) is 36.1. The lowest BCUT2D eigenvalue weighted by atomic mass is 10.0. The van der Waals surface area contributed by atoms with Crippen LogP contribution in [0.25, 0.3) is 0 Å². The van der Waals surface area contributed by atoms with Crippen molar-refractivity contribution in [2.45, 2.75) is 31.7 Å². The number of hydrogen-bond acceptors (Lipinski definition) is 3. The van der Waals surface area contributed by atoms with Gasteiger partial charge in [0.05, 0.1) is 5.56 Å². The molecule has 1 aliphatic rings. The largest absolute Gasteiger partial charge is 0.478 e. The first kappa shape index (κ1) is 16.0. The Kier molecular flexibility index (Phi) is 5.14. The molecule has 1 aromatic rings. The number of carbonyl (C=O) groups excluding carboxylic acids is 2. The minimum absolute atomic E-state index is 0.0232. The molecule has 1 aromatic carbocycles. The fraction of sp³-hybridized carbons (Fsp3) is 0.438. The average Bonchev–Trinajstić information content (AvgIpc) is 2.49. The minimum Gasteiger partial charge on any atom is -0.478 e. The summed E-state index contributed by atoms with van der Waals surface area (Å²) in [6.45, 7) is 0.524. The molecule has 0 radical (unpaired) electrons. The van der Waals surface area contributed by atoms with Gasteiger partial charge in [0.25, 0.3) is 0 Å². The Balaban J connectivity index is 1.86. The zero-order valence-corrected chi connectivity index (χ0v) is 12.5. The fourth-order valence-corrected chi connectivity index (χ4v) is 2.63. The third kappa shape index (κ3) is 4.07. The number of aromatic carboxylic acids is 1. The summed E-state index contributed by atoms with van der Waals surface area (Å²) in [5, 5.41) is 12.0. The van der Waals surface area contributed by atoms with Crippen molar-refractivity contribution >= 4 is 17.8 Å². The maximum Gasteiger partial charge on any atom is 0.335 e. The Hall–Kier alpha value is -2.37. The first-order valence-electron chi connectivity index (χ1n) is 7.32. The summed E-state index contributed by atoms with van der Waals surface area (Å²) in [6, 6.07) is 6.68. The van der Waals surface area contributed by atoms with Gasteiger partial charge in [-0.1, -0.05) is 18.2 Å². The van der Waals surface area contributed by atoms with Gasteiger partial charge in [0.2, 0.25) is 11.8 Å². The van der Waals surface area contributed by atoms with Crippen LogP contribution in [0, 0.1) is 0 Å². The number of carboxylic acids is 1. The Bertz CT molecular complexity index is 585. The van der Waals surface area contributed by atoms with Gasteiger partial charge in [0.15, 0.2) is 0 Å². The molecule has 2 rings (SSSR count). The van der Waals surface area contributed by atoms with Crippen molar-refractivity contribution in [3.05, 3.63) is 35.4 Å². The lowest BCUT2D eigenvalue weighted by Gasteiger charge is -2.30. The lowest BCUT2D eigenvalue weighted by molar-refractivity contribution is -0.134. The minimum atomic E-state index is -0.983. The number of likely N-dealkylation sites (N-methyl/N-ethyl adjacent to an activating group) is 1. The van der Waals surface area contributed by atoms with Crippen LogP contribution in [0.2, 0.25) is 0 Å². The van der Waals surface area contributed by atoms with E-state index in [4.69, 9.17) is 5.11 Å². The number of amides is 2. The number of aryl methyl sites for hydroxylation is 1. The topological polar surface area (TPSA) is 86.7 Å². The molecule has 6 nitrogen and oxygen atoms in total. The van der Waals surface area contributed by atoms with Gasteiger partial charge in [-0.25, -0.2) is 4.79 Å². The number of piperidine rings is 1. The van der Waals surface area contributed by atoms with E-state index in [0.717, 1.165) is 0 Å². The average molecular weight is 304 g/mol. The van der Waals surface area contributed by atoms with Crippen molar-refractivity contribution in [2.75, 3.05) is 13.6 Å². The van der Waals surface area contributed by atoms with E-state index >= 15 is 0 Å². The molecule has 1 aliphatic heterocycles. The van der Waals surface area contributed by atoms with E-state index in [0.29, 0.717) is 31.4 Å². The molecule has 0 aliphatic carbocycles. The van der Waals surface area contributed by atoms with Crippen LogP contribution in [-0.2, 0) is 16.0 Å². The van der Waals surface area contributed by atoms with Gasteiger partial charge >= 0.3 is 5.97 Å². The molecule has 1 unspecified atom stereocenters. The standard InChI is InChI=1S/C16H20N2O4/c1-18-10-12(7-9-15(18)20)17-14(19)8-6-11-4-2-3-5-13(11)16(21)22/h2-5,12H,6-10H2,1H3,(H,17,19)(H,21,22). The van der Waals surface area contributed by atoms with Crippen molar-refractivity contribution in [1.82, 2.24) is 10.2 Å². The van der Waals surface area contributed by atoms with E-state index in [-0.39, 0.29) is 29.8 Å². The second kappa shape index (κ2) is 7.06. The number of carboxylic acid groups (broad SMARTS) is 1. The van der Waals surface area contributed by atoms with E-state index in [1.165, 1.54) is 6.07 Å².